The minimum Gasteiger partial charge on any atom is -0.490 e. The molecule has 0 aliphatic carbocycles. The van der Waals surface area contributed by atoms with Crippen LogP contribution in [0.2, 0.25) is 0 Å². The van der Waals surface area contributed by atoms with Gasteiger partial charge in [-0.3, -0.25) is 9.48 Å². The highest BCUT2D eigenvalue weighted by Crippen LogP contribution is 2.47. The molecule has 0 fully saturated rings. The Kier molecular flexibility index (Phi) is 7.61. The maximum atomic E-state index is 16.0. The zero-order chi connectivity index (χ0) is 32.1. The van der Waals surface area contributed by atoms with Gasteiger partial charge in [0.2, 0.25) is 5.91 Å². The Morgan fingerprint density at radius 1 is 1.11 bits per heavy atom. The number of nitrogens with zero attached hydrogens (tertiary/aromatic N) is 6. The normalized spacial score (nSPS) is 14.6. The first-order valence-corrected chi connectivity index (χ1v) is 15.6. The van der Waals surface area contributed by atoms with Gasteiger partial charge in [0, 0.05) is 54.0 Å². The van der Waals surface area contributed by atoms with Crippen molar-refractivity contribution in [2.75, 3.05) is 26.9 Å². The Hall–Kier alpha value is -4.94. The first-order valence-electron chi connectivity index (χ1n) is 14.7. The predicted molar refractivity (Wildman–Crippen MR) is 174 cm³/mol. The summed E-state index contributed by atoms with van der Waals surface area (Å²) in [4.78, 5) is 24.0. The fourth-order valence-corrected chi connectivity index (χ4v) is 7.06. The molecule has 46 heavy (non-hydrogen) atoms. The molecule has 1 amide bonds. The van der Waals surface area contributed by atoms with Crippen LogP contribution in [0.3, 0.4) is 0 Å². The van der Waals surface area contributed by atoms with Crippen molar-refractivity contribution < 1.29 is 23.0 Å². The summed E-state index contributed by atoms with van der Waals surface area (Å²) in [6, 6.07) is 11.5. The lowest BCUT2D eigenvalue weighted by Crippen LogP contribution is -2.40. The average Bonchev–Trinajstić information content (AvgIpc) is 3.80. The molecule has 2 aromatic carbocycles. The van der Waals surface area contributed by atoms with Gasteiger partial charge in [0.05, 0.1) is 53.5 Å². The van der Waals surface area contributed by atoms with Gasteiger partial charge in [-0.15, -0.1) is 11.3 Å². The number of methoxy groups -OCH3 is 1. The molecule has 7 rings (SSSR count). The van der Waals surface area contributed by atoms with E-state index in [4.69, 9.17) is 19.6 Å². The lowest BCUT2D eigenvalue weighted by Gasteiger charge is -2.33. The Bertz CT molecular complexity index is 2150. The van der Waals surface area contributed by atoms with Crippen molar-refractivity contribution in [1.82, 2.24) is 29.2 Å². The van der Waals surface area contributed by atoms with Crippen molar-refractivity contribution in [3.8, 4) is 39.5 Å². The van der Waals surface area contributed by atoms with Crippen molar-refractivity contribution in [2.45, 2.75) is 19.5 Å². The van der Waals surface area contributed by atoms with Crippen LogP contribution in [0.25, 0.3) is 54.9 Å². The van der Waals surface area contributed by atoms with E-state index < -0.39 is 11.6 Å². The standard InChI is InChI=1S/C34H30F2N6O3S/c1-5-29(43)41-9-10-42-26(19(41)2)17-25(39-42)33-31(30-23(36)15-21(35)16-28(30)45-12-11-44-4)34-22(8-13-46-34)32(38-33)20-6-7-24-27(14-20)40(3)18-37-24/h5-8,13-19H,1,9-12H2,2-4H3. The monoisotopic (exact) mass is 640 g/mol. The van der Waals surface area contributed by atoms with Crippen molar-refractivity contribution in [3.63, 3.8) is 0 Å². The number of carbonyl (C=O) groups is 1. The highest BCUT2D eigenvalue weighted by atomic mass is 32.1. The minimum absolute atomic E-state index is 0.0384. The van der Waals surface area contributed by atoms with Crippen LogP contribution in [-0.4, -0.2) is 62.0 Å². The van der Waals surface area contributed by atoms with Gasteiger partial charge in [-0.1, -0.05) is 12.6 Å². The smallest absolute Gasteiger partial charge is 0.246 e. The molecule has 0 N–H and O–H groups in total. The first-order chi connectivity index (χ1) is 22.3. The SMILES string of the molecule is C=CC(=O)N1CCn2nc(-c3nc(-c4ccc5ncn(C)c5c4)c4ccsc4c3-c3c(F)cc(F)cc3OCCOC)cc2C1C. The van der Waals surface area contributed by atoms with Gasteiger partial charge in [-0.2, -0.15) is 5.10 Å². The molecule has 1 atom stereocenters. The number of aryl methyl sites for hydroxylation is 1. The molecule has 6 aromatic rings. The number of hydrogen-bond donors (Lipinski definition) is 0. The van der Waals surface area contributed by atoms with Crippen molar-refractivity contribution in [3.05, 3.63) is 84.2 Å². The number of aromatic nitrogens is 5. The molecule has 12 heteroatoms. The van der Waals surface area contributed by atoms with Gasteiger partial charge >= 0.3 is 0 Å². The fraction of sp³-hybridized carbons (Fsp3) is 0.235. The summed E-state index contributed by atoms with van der Waals surface area (Å²) in [5, 5.41) is 7.67. The lowest BCUT2D eigenvalue weighted by molar-refractivity contribution is -0.129. The Morgan fingerprint density at radius 2 is 1.96 bits per heavy atom. The summed E-state index contributed by atoms with van der Waals surface area (Å²) >= 11 is 1.43. The van der Waals surface area contributed by atoms with Crippen LogP contribution >= 0.6 is 11.3 Å². The third-order valence-corrected chi connectivity index (χ3v) is 9.31. The minimum atomic E-state index is -0.783. The molecule has 1 aliphatic rings. The number of amides is 1. The van der Waals surface area contributed by atoms with E-state index in [2.05, 4.69) is 11.6 Å². The second kappa shape index (κ2) is 11.8. The predicted octanol–water partition coefficient (Wildman–Crippen LogP) is 6.77. The second-order valence-corrected chi connectivity index (χ2v) is 12.0. The lowest BCUT2D eigenvalue weighted by atomic mass is 9.96. The van der Waals surface area contributed by atoms with Crippen LogP contribution in [0.1, 0.15) is 18.7 Å². The maximum Gasteiger partial charge on any atom is 0.246 e. The summed E-state index contributed by atoms with van der Waals surface area (Å²) in [5.74, 6) is -1.67. The average molecular weight is 641 g/mol. The number of carbonyl (C=O) groups excluding carboxylic acids is 1. The summed E-state index contributed by atoms with van der Waals surface area (Å²) < 4.78 is 46.3. The van der Waals surface area contributed by atoms with E-state index in [0.717, 1.165) is 38.4 Å². The van der Waals surface area contributed by atoms with Crippen LogP contribution in [0.15, 0.2) is 66.8 Å². The number of benzene rings is 2. The summed E-state index contributed by atoms with van der Waals surface area (Å²) in [5.41, 5.74) is 5.57. The van der Waals surface area contributed by atoms with E-state index in [1.807, 2.05) is 58.9 Å². The van der Waals surface area contributed by atoms with Crippen molar-refractivity contribution >= 4 is 38.4 Å². The van der Waals surface area contributed by atoms with Gasteiger partial charge in [0.25, 0.3) is 0 Å². The van der Waals surface area contributed by atoms with Crippen molar-refractivity contribution in [2.24, 2.45) is 7.05 Å². The molecule has 4 aromatic heterocycles. The van der Waals surface area contributed by atoms with Crippen LogP contribution < -0.4 is 4.74 Å². The molecule has 0 spiro atoms. The van der Waals surface area contributed by atoms with Crippen LogP contribution in [-0.2, 0) is 23.1 Å². The summed E-state index contributed by atoms with van der Waals surface area (Å²) in [6.07, 6.45) is 3.07. The molecule has 9 nitrogen and oxygen atoms in total. The Morgan fingerprint density at radius 3 is 2.76 bits per heavy atom. The first kappa shape index (κ1) is 29.8. The molecule has 1 aliphatic heterocycles. The number of hydrogen-bond acceptors (Lipinski definition) is 7. The van der Waals surface area contributed by atoms with Crippen LogP contribution in [0.5, 0.6) is 5.75 Å². The summed E-state index contributed by atoms with van der Waals surface area (Å²) in [7, 11) is 3.46. The van der Waals surface area contributed by atoms with E-state index in [-0.39, 0.29) is 36.5 Å². The number of imidazole rings is 1. The summed E-state index contributed by atoms with van der Waals surface area (Å²) in [6.45, 7) is 6.84. The molecule has 0 saturated carbocycles. The quantitative estimate of drug-likeness (QED) is 0.135. The number of fused-ring (bicyclic) bond motifs is 3. The van der Waals surface area contributed by atoms with Gasteiger partial charge < -0.3 is 18.9 Å². The third-order valence-electron chi connectivity index (χ3n) is 8.38. The van der Waals surface area contributed by atoms with Crippen molar-refractivity contribution in [1.29, 1.82) is 0 Å². The number of pyridine rings is 1. The van der Waals surface area contributed by atoms with Crippen LogP contribution in [0, 0.1) is 11.6 Å². The fourth-order valence-electron chi connectivity index (χ4n) is 6.11. The molecule has 0 saturated heterocycles. The van der Waals surface area contributed by atoms with Gasteiger partial charge in [-0.05, 0) is 42.6 Å². The number of rotatable bonds is 8. The van der Waals surface area contributed by atoms with Crippen LogP contribution in [0.4, 0.5) is 8.78 Å². The highest BCUT2D eigenvalue weighted by Gasteiger charge is 2.31. The van der Waals surface area contributed by atoms with E-state index in [1.54, 1.807) is 11.2 Å². The van der Waals surface area contributed by atoms with Gasteiger partial charge in [0.1, 0.15) is 35.4 Å². The Balaban J connectivity index is 1.51. The highest BCUT2D eigenvalue weighted by molar-refractivity contribution is 7.18. The maximum absolute atomic E-state index is 16.0. The third kappa shape index (κ3) is 4.94. The molecule has 5 heterocycles. The van der Waals surface area contributed by atoms with E-state index >= 15 is 4.39 Å². The largest absolute Gasteiger partial charge is 0.490 e. The van der Waals surface area contributed by atoms with E-state index in [9.17, 15) is 9.18 Å². The number of thiophene rings is 1. The topological polar surface area (TPSA) is 87.3 Å². The Labute approximate surface area is 267 Å². The van der Waals surface area contributed by atoms with Gasteiger partial charge in [0.15, 0.2) is 0 Å². The molecule has 0 bridgehead atoms. The van der Waals surface area contributed by atoms with Gasteiger partial charge in [-0.25, -0.2) is 18.7 Å². The molecule has 234 valence electrons. The number of halogens is 2. The van der Waals surface area contributed by atoms with E-state index in [0.29, 0.717) is 35.7 Å². The second-order valence-electron chi connectivity index (χ2n) is 11.1. The molecule has 1 unspecified atom stereocenters. The van der Waals surface area contributed by atoms with E-state index in [1.165, 1.54) is 30.6 Å². The molecular weight excluding hydrogens is 610 g/mol. The molecular formula is C34H30F2N6O3S. The number of ether oxygens (including phenoxy) is 2. The zero-order valence-electron chi connectivity index (χ0n) is 25.5. The zero-order valence-corrected chi connectivity index (χ0v) is 26.3. The molecule has 0 radical (unpaired) electrons.